The van der Waals surface area contributed by atoms with Gasteiger partial charge in [-0.05, 0) is 50.4 Å². The predicted octanol–water partition coefficient (Wildman–Crippen LogP) is 2.03. The summed E-state index contributed by atoms with van der Waals surface area (Å²) in [7, 11) is 2.17. The Morgan fingerprint density at radius 2 is 2.35 bits per heavy atom. The lowest BCUT2D eigenvalue weighted by molar-refractivity contribution is 0.286. The zero-order valence-corrected chi connectivity index (χ0v) is 10.7. The van der Waals surface area contributed by atoms with E-state index in [1.54, 1.807) is 0 Å². The summed E-state index contributed by atoms with van der Waals surface area (Å²) in [6, 6.07) is 4.57. The van der Waals surface area contributed by atoms with Crippen LogP contribution in [0.2, 0.25) is 0 Å². The fourth-order valence-electron chi connectivity index (χ4n) is 2.69. The number of hydrogen-bond donors (Lipinski definition) is 1. The quantitative estimate of drug-likeness (QED) is 0.846. The minimum atomic E-state index is 0.446. The van der Waals surface area contributed by atoms with Gasteiger partial charge in [0, 0.05) is 25.0 Å². The number of rotatable bonds is 5. The molecular formula is C14H23N3. The maximum absolute atomic E-state index is 6.09. The van der Waals surface area contributed by atoms with Crippen molar-refractivity contribution in [1.82, 2.24) is 9.88 Å². The van der Waals surface area contributed by atoms with Gasteiger partial charge < -0.3 is 10.6 Å². The molecule has 1 aromatic rings. The Hall–Kier alpha value is -0.930. The maximum Gasteiger partial charge on any atom is 0.0312 e. The van der Waals surface area contributed by atoms with E-state index < -0.39 is 0 Å². The molecule has 1 aromatic heterocycles. The van der Waals surface area contributed by atoms with Gasteiger partial charge >= 0.3 is 0 Å². The van der Waals surface area contributed by atoms with Gasteiger partial charge in [0.05, 0.1) is 0 Å². The van der Waals surface area contributed by atoms with Crippen molar-refractivity contribution in [2.75, 3.05) is 13.6 Å². The molecule has 0 bridgehead atoms. The van der Waals surface area contributed by atoms with Gasteiger partial charge in [-0.1, -0.05) is 12.5 Å². The van der Waals surface area contributed by atoms with E-state index in [1.165, 1.54) is 31.2 Å². The van der Waals surface area contributed by atoms with E-state index in [-0.39, 0.29) is 0 Å². The van der Waals surface area contributed by atoms with Crippen LogP contribution in [0.15, 0.2) is 24.5 Å². The normalized spacial score (nSPS) is 24.4. The Kier molecular flexibility index (Phi) is 4.51. The van der Waals surface area contributed by atoms with Crippen LogP contribution in [-0.2, 0) is 6.54 Å². The van der Waals surface area contributed by atoms with Gasteiger partial charge in [0.2, 0.25) is 0 Å². The minimum absolute atomic E-state index is 0.446. The van der Waals surface area contributed by atoms with Crippen LogP contribution in [0.4, 0.5) is 0 Å². The van der Waals surface area contributed by atoms with Crippen molar-refractivity contribution in [3.8, 4) is 0 Å². The molecule has 2 atom stereocenters. The van der Waals surface area contributed by atoms with Crippen molar-refractivity contribution >= 4 is 0 Å². The summed E-state index contributed by atoms with van der Waals surface area (Å²) in [5.41, 5.74) is 7.37. The van der Waals surface area contributed by atoms with Gasteiger partial charge in [0.15, 0.2) is 0 Å². The lowest BCUT2D eigenvalue weighted by Crippen LogP contribution is -2.28. The number of nitrogens with two attached hydrogens (primary N) is 1. The third kappa shape index (κ3) is 3.79. The highest BCUT2D eigenvalue weighted by atomic mass is 15.1. The van der Waals surface area contributed by atoms with Gasteiger partial charge in [-0.15, -0.1) is 0 Å². The zero-order chi connectivity index (χ0) is 12.1. The first-order valence-corrected chi connectivity index (χ1v) is 6.59. The summed E-state index contributed by atoms with van der Waals surface area (Å²) in [6.45, 7) is 2.11. The topological polar surface area (TPSA) is 42.1 Å². The summed E-state index contributed by atoms with van der Waals surface area (Å²) in [4.78, 5) is 6.50. The Morgan fingerprint density at radius 3 is 3.00 bits per heavy atom. The Balaban J connectivity index is 1.72. The summed E-state index contributed by atoms with van der Waals surface area (Å²) >= 11 is 0. The summed E-state index contributed by atoms with van der Waals surface area (Å²) in [6.07, 6.45) is 8.85. The Morgan fingerprint density at radius 1 is 1.47 bits per heavy atom. The molecule has 3 heteroatoms. The zero-order valence-electron chi connectivity index (χ0n) is 10.7. The van der Waals surface area contributed by atoms with Crippen LogP contribution >= 0.6 is 0 Å². The second kappa shape index (κ2) is 6.12. The molecule has 0 aromatic carbocycles. The van der Waals surface area contributed by atoms with Crippen molar-refractivity contribution in [2.24, 2.45) is 11.7 Å². The standard InChI is InChI=1S/C14H23N3/c1-17(11-12-4-3-8-16-10-12)9-7-13-5-2-6-14(13)15/h3-4,8,10,13-14H,2,5-7,9,11,15H2,1H3. The molecule has 1 aliphatic rings. The van der Waals surface area contributed by atoms with Crippen molar-refractivity contribution in [1.29, 1.82) is 0 Å². The van der Waals surface area contributed by atoms with E-state index in [1.807, 2.05) is 18.5 Å². The fraction of sp³-hybridized carbons (Fsp3) is 0.643. The Bertz CT molecular complexity index is 325. The van der Waals surface area contributed by atoms with Crippen LogP contribution < -0.4 is 5.73 Å². The monoisotopic (exact) mass is 233 g/mol. The molecule has 3 nitrogen and oxygen atoms in total. The largest absolute Gasteiger partial charge is 0.327 e. The molecule has 2 N–H and O–H groups in total. The average Bonchev–Trinajstić information content (AvgIpc) is 2.74. The minimum Gasteiger partial charge on any atom is -0.327 e. The third-order valence-electron chi connectivity index (χ3n) is 3.77. The molecule has 2 unspecified atom stereocenters. The molecule has 2 rings (SSSR count). The number of pyridine rings is 1. The maximum atomic E-state index is 6.09. The highest BCUT2D eigenvalue weighted by Crippen LogP contribution is 2.26. The molecule has 0 saturated heterocycles. The van der Waals surface area contributed by atoms with E-state index in [0.717, 1.165) is 19.0 Å². The molecule has 1 fully saturated rings. The first-order valence-electron chi connectivity index (χ1n) is 6.59. The van der Waals surface area contributed by atoms with Gasteiger partial charge in [0.1, 0.15) is 0 Å². The van der Waals surface area contributed by atoms with E-state index in [9.17, 15) is 0 Å². The Labute approximate surface area is 104 Å². The molecular weight excluding hydrogens is 210 g/mol. The second-order valence-corrected chi connectivity index (χ2v) is 5.24. The van der Waals surface area contributed by atoms with Crippen molar-refractivity contribution in [3.05, 3.63) is 30.1 Å². The van der Waals surface area contributed by atoms with Crippen LogP contribution in [0, 0.1) is 5.92 Å². The average molecular weight is 233 g/mol. The lowest BCUT2D eigenvalue weighted by Gasteiger charge is -2.21. The second-order valence-electron chi connectivity index (χ2n) is 5.24. The van der Waals surface area contributed by atoms with Crippen molar-refractivity contribution in [3.63, 3.8) is 0 Å². The van der Waals surface area contributed by atoms with Crippen LogP contribution in [0.1, 0.15) is 31.2 Å². The predicted molar refractivity (Wildman–Crippen MR) is 70.5 cm³/mol. The van der Waals surface area contributed by atoms with E-state index in [4.69, 9.17) is 5.73 Å². The summed E-state index contributed by atoms with van der Waals surface area (Å²) in [5, 5.41) is 0. The van der Waals surface area contributed by atoms with Crippen LogP contribution in [0.5, 0.6) is 0 Å². The smallest absolute Gasteiger partial charge is 0.0312 e. The summed E-state index contributed by atoms with van der Waals surface area (Å²) in [5.74, 6) is 0.742. The third-order valence-corrected chi connectivity index (χ3v) is 3.77. The SMILES string of the molecule is CN(CCC1CCCC1N)Cc1cccnc1. The van der Waals surface area contributed by atoms with Crippen molar-refractivity contribution < 1.29 is 0 Å². The van der Waals surface area contributed by atoms with Gasteiger partial charge in [0.25, 0.3) is 0 Å². The van der Waals surface area contributed by atoms with E-state index >= 15 is 0 Å². The molecule has 0 radical (unpaired) electrons. The summed E-state index contributed by atoms with van der Waals surface area (Å²) < 4.78 is 0. The lowest BCUT2D eigenvalue weighted by atomic mass is 10.00. The van der Waals surface area contributed by atoms with Gasteiger partial charge in [-0.2, -0.15) is 0 Å². The van der Waals surface area contributed by atoms with Crippen molar-refractivity contribution in [2.45, 2.75) is 38.3 Å². The first kappa shape index (κ1) is 12.5. The molecule has 0 amide bonds. The molecule has 17 heavy (non-hydrogen) atoms. The van der Waals surface area contributed by atoms with E-state index in [2.05, 4.69) is 23.0 Å². The molecule has 0 aliphatic heterocycles. The molecule has 1 saturated carbocycles. The number of aromatic nitrogens is 1. The van der Waals surface area contributed by atoms with Crippen LogP contribution in [0.3, 0.4) is 0 Å². The van der Waals surface area contributed by atoms with E-state index in [0.29, 0.717) is 6.04 Å². The molecule has 1 heterocycles. The number of hydrogen-bond acceptors (Lipinski definition) is 3. The van der Waals surface area contributed by atoms with Crippen LogP contribution in [0.25, 0.3) is 0 Å². The molecule has 1 aliphatic carbocycles. The first-order chi connectivity index (χ1) is 8.25. The highest BCUT2D eigenvalue weighted by molar-refractivity contribution is 5.07. The highest BCUT2D eigenvalue weighted by Gasteiger charge is 2.23. The molecule has 0 spiro atoms. The number of nitrogens with zero attached hydrogens (tertiary/aromatic N) is 2. The van der Waals surface area contributed by atoms with Gasteiger partial charge in [-0.25, -0.2) is 0 Å². The fourth-order valence-corrected chi connectivity index (χ4v) is 2.69. The van der Waals surface area contributed by atoms with Gasteiger partial charge in [-0.3, -0.25) is 4.98 Å². The molecule has 94 valence electrons. The van der Waals surface area contributed by atoms with Crippen LogP contribution in [-0.4, -0.2) is 29.5 Å².